The first kappa shape index (κ1) is 19.3. The third kappa shape index (κ3) is 2.29. The van der Waals surface area contributed by atoms with E-state index in [9.17, 15) is 9.50 Å². The highest BCUT2D eigenvalue weighted by Gasteiger charge is 2.76. The molecule has 0 spiro atoms. The molecule has 4 aliphatic carbocycles. The average molecular weight is 445 g/mol. The van der Waals surface area contributed by atoms with Crippen LogP contribution >= 0.6 is 0 Å². The Balaban J connectivity index is 1.29. The van der Waals surface area contributed by atoms with E-state index in [1.54, 1.807) is 12.1 Å². The van der Waals surface area contributed by atoms with Gasteiger partial charge in [-0.2, -0.15) is 0 Å². The van der Waals surface area contributed by atoms with Gasteiger partial charge in [-0.05, 0) is 110 Å². The number of hydrogen-bond donors (Lipinski definition) is 1. The Labute approximate surface area is 195 Å². The predicted molar refractivity (Wildman–Crippen MR) is 127 cm³/mol. The SMILES string of the molecule is Oc1ccc2c(c1)C13CCN(CC4CC4)C(C2)C12CCC1C3[C@@H](CN1c1ccccc1F)C2. The first-order valence-corrected chi connectivity index (χ1v) is 13.2. The van der Waals surface area contributed by atoms with Gasteiger partial charge in [0, 0.05) is 30.6 Å². The molecule has 3 saturated carbocycles. The van der Waals surface area contributed by atoms with Gasteiger partial charge in [0.15, 0.2) is 0 Å². The molecule has 1 N–H and O–H groups in total. The highest BCUT2D eigenvalue weighted by atomic mass is 19.1. The Hall–Kier alpha value is -2.07. The van der Waals surface area contributed by atoms with Gasteiger partial charge in [-0.25, -0.2) is 4.39 Å². The van der Waals surface area contributed by atoms with Crippen molar-refractivity contribution >= 4 is 5.69 Å². The molecule has 0 aromatic heterocycles. The number of halogens is 1. The van der Waals surface area contributed by atoms with Crippen LogP contribution in [0.3, 0.4) is 0 Å². The number of rotatable bonds is 3. The van der Waals surface area contributed by atoms with E-state index in [0.29, 0.717) is 35.1 Å². The van der Waals surface area contributed by atoms with E-state index in [-0.39, 0.29) is 11.2 Å². The van der Waals surface area contributed by atoms with E-state index in [1.165, 1.54) is 62.7 Å². The Kier molecular flexibility index (Phi) is 3.69. The molecule has 2 heterocycles. The number of aromatic hydroxyl groups is 1. The minimum absolute atomic E-state index is 0.0781. The molecule has 8 rings (SSSR count). The quantitative estimate of drug-likeness (QED) is 0.712. The van der Waals surface area contributed by atoms with Crippen LogP contribution < -0.4 is 4.90 Å². The van der Waals surface area contributed by atoms with Crippen LogP contribution in [0.5, 0.6) is 5.75 Å². The second-order valence-corrected chi connectivity index (χ2v) is 12.1. The molecule has 6 atom stereocenters. The van der Waals surface area contributed by atoms with E-state index in [4.69, 9.17) is 0 Å². The molecule has 0 radical (unpaired) electrons. The fourth-order valence-electron chi connectivity index (χ4n) is 9.91. The first-order chi connectivity index (χ1) is 16.1. The number of piperidine rings is 1. The number of anilines is 1. The highest BCUT2D eigenvalue weighted by molar-refractivity contribution is 5.56. The van der Waals surface area contributed by atoms with Crippen LogP contribution in [0.1, 0.15) is 49.7 Å². The zero-order chi connectivity index (χ0) is 21.9. The van der Waals surface area contributed by atoms with Gasteiger partial charge in [0.2, 0.25) is 0 Å². The van der Waals surface area contributed by atoms with Crippen molar-refractivity contribution < 1.29 is 9.50 Å². The highest BCUT2D eigenvalue weighted by Crippen LogP contribution is 2.75. The molecule has 2 aliphatic heterocycles. The molecule has 5 unspecified atom stereocenters. The number of hydrogen-bond acceptors (Lipinski definition) is 3. The second-order valence-electron chi connectivity index (χ2n) is 12.1. The van der Waals surface area contributed by atoms with Crippen molar-refractivity contribution in [1.82, 2.24) is 4.90 Å². The zero-order valence-corrected chi connectivity index (χ0v) is 19.2. The minimum Gasteiger partial charge on any atom is -0.508 e. The van der Waals surface area contributed by atoms with Crippen molar-refractivity contribution in [3.63, 3.8) is 0 Å². The maximum atomic E-state index is 14.9. The van der Waals surface area contributed by atoms with E-state index in [1.807, 2.05) is 18.2 Å². The standard InChI is InChI=1S/C29H33FN2O/c30-23-3-1-2-4-24(23)32-17-20-15-28-10-9-25(32)27(20)29(28)11-12-31(16-18-5-6-18)26(28)13-19-7-8-21(33)14-22(19)29/h1-4,7-8,14,18,20,25-27,33H,5-6,9-13,15-17H2/t20-,25?,26?,27?,28?,29?/m1/s1. The van der Waals surface area contributed by atoms with Gasteiger partial charge in [-0.3, -0.25) is 4.90 Å². The fraction of sp³-hybridized carbons (Fsp3) is 0.586. The minimum atomic E-state index is -0.0781. The molecule has 0 amide bonds. The third-order valence-corrected chi connectivity index (χ3v) is 10.9. The van der Waals surface area contributed by atoms with Crippen LogP contribution in [0, 0.1) is 29.0 Å². The molecular weight excluding hydrogens is 411 g/mol. The molecule has 2 aromatic carbocycles. The van der Waals surface area contributed by atoms with E-state index in [2.05, 4.69) is 21.9 Å². The summed E-state index contributed by atoms with van der Waals surface area (Å²) in [6.45, 7) is 3.47. The van der Waals surface area contributed by atoms with Crippen molar-refractivity contribution in [2.45, 2.75) is 62.4 Å². The largest absolute Gasteiger partial charge is 0.508 e. The number of likely N-dealkylation sites (tertiary alicyclic amines) is 1. The summed E-state index contributed by atoms with van der Waals surface area (Å²) < 4.78 is 14.9. The molecule has 2 aromatic rings. The summed E-state index contributed by atoms with van der Waals surface area (Å²) in [5.41, 5.74) is 4.19. The maximum absolute atomic E-state index is 14.9. The Morgan fingerprint density at radius 1 is 1.06 bits per heavy atom. The molecule has 3 nitrogen and oxygen atoms in total. The smallest absolute Gasteiger partial charge is 0.146 e. The van der Waals surface area contributed by atoms with Gasteiger partial charge in [0.05, 0.1) is 5.69 Å². The van der Waals surface area contributed by atoms with E-state index in [0.717, 1.165) is 24.6 Å². The molecule has 172 valence electrons. The Bertz CT molecular complexity index is 1150. The lowest BCUT2D eigenvalue weighted by Crippen LogP contribution is -2.69. The number of fused-ring (bicyclic) bond motifs is 1. The summed E-state index contributed by atoms with van der Waals surface area (Å²) in [6.07, 6.45) is 8.88. The number of benzene rings is 2. The first-order valence-electron chi connectivity index (χ1n) is 13.2. The van der Waals surface area contributed by atoms with Crippen LogP contribution in [-0.2, 0) is 11.8 Å². The normalized spacial score (nSPS) is 40.6. The van der Waals surface area contributed by atoms with Crippen LogP contribution in [0.15, 0.2) is 42.5 Å². The van der Waals surface area contributed by atoms with Crippen molar-refractivity contribution in [2.24, 2.45) is 23.2 Å². The second kappa shape index (κ2) is 6.33. The molecule has 6 aliphatic rings. The van der Waals surface area contributed by atoms with Crippen LogP contribution in [0.4, 0.5) is 10.1 Å². The van der Waals surface area contributed by atoms with E-state index >= 15 is 0 Å². The Morgan fingerprint density at radius 2 is 1.94 bits per heavy atom. The van der Waals surface area contributed by atoms with Crippen LogP contribution in [0.2, 0.25) is 0 Å². The molecule has 4 bridgehead atoms. The van der Waals surface area contributed by atoms with E-state index < -0.39 is 0 Å². The number of nitrogens with zero attached hydrogens (tertiary/aromatic N) is 2. The molecular formula is C29H33FN2O. The predicted octanol–water partition coefficient (Wildman–Crippen LogP) is 5.11. The van der Waals surface area contributed by atoms with Crippen LogP contribution in [-0.4, -0.2) is 41.7 Å². The van der Waals surface area contributed by atoms with Crippen molar-refractivity contribution in [3.8, 4) is 5.75 Å². The summed E-state index contributed by atoms with van der Waals surface area (Å²) in [5.74, 6) is 2.45. The van der Waals surface area contributed by atoms with Gasteiger partial charge >= 0.3 is 0 Å². The fourth-order valence-corrected chi connectivity index (χ4v) is 9.91. The molecule has 2 saturated heterocycles. The lowest BCUT2D eigenvalue weighted by Gasteiger charge is -2.66. The molecule has 5 fully saturated rings. The number of para-hydroxylation sites is 1. The average Bonchev–Trinajstić information content (AvgIpc) is 3.50. The summed E-state index contributed by atoms with van der Waals surface area (Å²) >= 11 is 0. The van der Waals surface area contributed by atoms with Gasteiger partial charge in [-0.1, -0.05) is 18.2 Å². The number of phenols is 1. The molecule has 33 heavy (non-hydrogen) atoms. The Morgan fingerprint density at radius 3 is 2.79 bits per heavy atom. The van der Waals surface area contributed by atoms with Gasteiger partial charge in [0.1, 0.15) is 11.6 Å². The maximum Gasteiger partial charge on any atom is 0.146 e. The monoisotopic (exact) mass is 444 g/mol. The number of phenolic OH excluding ortho intramolecular Hbond substituents is 1. The van der Waals surface area contributed by atoms with Crippen LogP contribution in [0.25, 0.3) is 0 Å². The van der Waals surface area contributed by atoms with Crippen molar-refractivity contribution in [3.05, 3.63) is 59.4 Å². The van der Waals surface area contributed by atoms with Gasteiger partial charge in [-0.15, -0.1) is 0 Å². The summed E-state index contributed by atoms with van der Waals surface area (Å²) in [5, 5.41) is 10.6. The third-order valence-electron chi connectivity index (χ3n) is 10.9. The molecule has 4 heteroatoms. The van der Waals surface area contributed by atoms with Crippen molar-refractivity contribution in [1.29, 1.82) is 0 Å². The van der Waals surface area contributed by atoms with Gasteiger partial charge in [0.25, 0.3) is 0 Å². The summed E-state index contributed by atoms with van der Waals surface area (Å²) in [4.78, 5) is 5.33. The summed E-state index contributed by atoms with van der Waals surface area (Å²) in [6, 6.07) is 14.7. The topological polar surface area (TPSA) is 26.7 Å². The lowest BCUT2D eigenvalue weighted by atomic mass is 9.43. The summed E-state index contributed by atoms with van der Waals surface area (Å²) in [7, 11) is 0. The van der Waals surface area contributed by atoms with Crippen molar-refractivity contribution in [2.75, 3.05) is 24.5 Å². The zero-order valence-electron chi connectivity index (χ0n) is 19.2. The van der Waals surface area contributed by atoms with Gasteiger partial charge < -0.3 is 10.0 Å². The lowest BCUT2D eigenvalue weighted by molar-refractivity contribution is -0.0921.